The van der Waals surface area contributed by atoms with E-state index in [4.69, 9.17) is 9.15 Å². The highest BCUT2D eigenvalue weighted by atomic mass is 19.1. The number of aromatic nitrogens is 1. The molecule has 0 aliphatic rings. The third-order valence-corrected chi connectivity index (χ3v) is 2.15. The molecule has 0 amide bonds. The Labute approximate surface area is 97.0 Å². The molecule has 0 radical (unpaired) electrons. The Morgan fingerprint density at radius 3 is 2.94 bits per heavy atom. The summed E-state index contributed by atoms with van der Waals surface area (Å²) in [5, 5.41) is 0. The normalized spacial score (nSPS) is 10.2. The maximum absolute atomic E-state index is 13.5. The van der Waals surface area contributed by atoms with Gasteiger partial charge in [0.15, 0.2) is 17.8 Å². The van der Waals surface area contributed by atoms with Crippen molar-refractivity contribution in [2.45, 2.75) is 6.92 Å². The molecule has 0 fully saturated rings. The van der Waals surface area contributed by atoms with Crippen LogP contribution in [0, 0.1) is 5.82 Å². The molecular weight excluding hydrogens is 225 g/mol. The molecule has 88 valence electrons. The van der Waals surface area contributed by atoms with Crippen molar-refractivity contribution in [1.29, 1.82) is 0 Å². The number of rotatable bonds is 3. The third kappa shape index (κ3) is 2.18. The van der Waals surface area contributed by atoms with Gasteiger partial charge in [-0.05, 0) is 19.1 Å². The number of nitrogens with zero attached hydrogens (tertiary/aromatic N) is 1. The number of hydrogen-bond donors (Lipinski definition) is 0. The van der Waals surface area contributed by atoms with E-state index >= 15 is 0 Å². The lowest BCUT2D eigenvalue weighted by atomic mass is 10.1. The van der Waals surface area contributed by atoms with Crippen molar-refractivity contribution < 1.29 is 18.3 Å². The standard InChI is InChI=1S/C12H10FNO3/c1-2-16-12(15)10-11(17-7-14-10)8-5-3-4-6-9(8)13/h3-7H,2H2,1H3. The second-order valence-corrected chi connectivity index (χ2v) is 3.23. The molecule has 0 saturated heterocycles. The lowest BCUT2D eigenvalue weighted by Gasteiger charge is -2.02. The number of esters is 1. The van der Waals surface area contributed by atoms with E-state index in [0.717, 1.165) is 6.39 Å². The Hall–Kier alpha value is -2.17. The van der Waals surface area contributed by atoms with Crippen molar-refractivity contribution >= 4 is 5.97 Å². The summed E-state index contributed by atoms with van der Waals surface area (Å²) in [6, 6.07) is 6.00. The number of carbonyl (C=O) groups excluding carboxylic acids is 1. The van der Waals surface area contributed by atoms with Gasteiger partial charge in [0.2, 0.25) is 0 Å². The Kier molecular flexibility index (Phi) is 3.18. The van der Waals surface area contributed by atoms with Gasteiger partial charge >= 0.3 is 5.97 Å². The molecule has 5 heteroatoms. The van der Waals surface area contributed by atoms with Gasteiger partial charge in [-0.25, -0.2) is 14.2 Å². The fourth-order valence-corrected chi connectivity index (χ4v) is 1.43. The molecule has 0 unspecified atom stereocenters. The van der Waals surface area contributed by atoms with Crippen LogP contribution in [0.4, 0.5) is 4.39 Å². The molecule has 2 rings (SSSR count). The summed E-state index contributed by atoms with van der Waals surface area (Å²) in [7, 11) is 0. The van der Waals surface area contributed by atoms with Gasteiger partial charge in [-0.3, -0.25) is 0 Å². The molecule has 1 heterocycles. The summed E-state index contributed by atoms with van der Waals surface area (Å²) in [5.41, 5.74) is 0.171. The van der Waals surface area contributed by atoms with Crippen LogP contribution in [0.1, 0.15) is 17.4 Å². The first-order chi connectivity index (χ1) is 8.24. The van der Waals surface area contributed by atoms with Crippen LogP contribution in [-0.2, 0) is 4.74 Å². The zero-order chi connectivity index (χ0) is 12.3. The Balaban J connectivity index is 2.44. The fraction of sp³-hybridized carbons (Fsp3) is 0.167. The van der Waals surface area contributed by atoms with Crippen LogP contribution in [0.15, 0.2) is 35.1 Å². The zero-order valence-electron chi connectivity index (χ0n) is 9.14. The van der Waals surface area contributed by atoms with Crippen LogP contribution in [0.5, 0.6) is 0 Å². The van der Waals surface area contributed by atoms with E-state index in [9.17, 15) is 9.18 Å². The van der Waals surface area contributed by atoms with Crippen molar-refractivity contribution in [2.75, 3.05) is 6.61 Å². The summed E-state index contributed by atoms with van der Waals surface area (Å²) in [4.78, 5) is 15.3. The van der Waals surface area contributed by atoms with Crippen molar-refractivity contribution in [3.63, 3.8) is 0 Å². The molecule has 0 saturated carbocycles. The summed E-state index contributed by atoms with van der Waals surface area (Å²) in [6.45, 7) is 1.91. The van der Waals surface area contributed by atoms with Crippen molar-refractivity contribution in [3.05, 3.63) is 42.2 Å². The highest BCUT2D eigenvalue weighted by Gasteiger charge is 2.21. The number of oxazole rings is 1. The number of carbonyl (C=O) groups is 1. The van der Waals surface area contributed by atoms with Gasteiger partial charge in [0.05, 0.1) is 12.2 Å². The second-order valence-electron chi connectivity index (χ2n) is 3.23. The maximum Gasteiger partial charge on any atom is 0.360 e. The number of ether oxygens (including phenoxy) is 1. The highest BCUT2D eigenvalue weighted by molar-refractivity contribution is 5.93. The van der Waals surface area contributed by atoms with Gasteiger partial charge < -0.3 is 9.15 Å². The second kappa shape index (κ2) is 4.78. The van der Waals surface area contributed by atoms with Crippen LogP contribution in [0.3, 0.4) is 0 Å². The Bertz CT molecular complexity index is 536. The SMILES string of the molecule is CCOC(=O)c1ncoc1-c1ccccc1F. The van der Waals surface area contributed by atoms with Crippen LogP contribution in [0.25, 0.3) is 11.3 Å². The van der Waals surface area contributed by atoms with Gasteiger partial charge in [-0.15, -0.1) is 0 Å². The maximum atomic E-state index is 13.5. The lowest BCUT2D eigenvalue weighted by Crippen LogP contribution is -2.06. The summed E-state index contributed by atoms with van der Waals surface area (Å²) < 4.78 is 23.4. The first-order valence-electron chi connectivity index (χ1n) is 5.09. The predicted molar refractivity (Wildman–Crippen MR) is 57.9 cm³/mol. The molecule has 4 nitrogen and oxygen atoms in total. The van der Waals surface area contributed by atoms with Crippen LogP contribution in [0.2, 0.25) is 0 Å². The quantitative estimate of drug-likeness (QED) is 0.767. The minimum Gasteiger partial charge on any atom is -0.461 e. The van der Waals surface area contributed by atoms with Crippen molar-refractivity contribution in [1.82, 2.24) is 4.98 Å². The molecule has 0 atom stereocenters. The summed E-state index contributed by atoms with van der Waals surface area (Å²) in [5.74, 6) is -1.02. The molecule has 1 aromatic heterocycles. The van der Waals surface area contributed by atoms with E-state index in [1.165, 1.54) is 12.1 Å². The molecule has 0 bridgehead atoms. The van der Waals surface area contributed by atoms with Gasteiger partial charge in [0.1, 0.15) is 5.82 Å². The van der Waals surface area contributed by atoms with E-state index in [1.54, 1.807) is 19.1 Å². The van der Waals surface area contributed by atoms with E-state index in [1.807, 2.05) is 0 Å². The molecule has 0 spiro atoms. The monoisotopic (exact) mass is 235 g/mol. The van der Waals surface area contributed by atoms with Gasteiger partial charge in [0, 0.05) is 0 Å². The first-order valence-corrected chi connectivity index (χ1v) is 5.09. The number of benzene rings is 1. The van der Waals surface area contributed by atoms with Crippen molar-refractivity contribution in [3.8, 4) is 11.3 Å². The largest absolute Gasteiger partial charge is 0.461 e. The van der Waals surface area contributed by atoms with Crippen LogP contribution in [-0.4, -0.2) is 17.6 Å². The molecule has 17 heavy (non-hydrogen) atoms. The molecule has 0 aliphatic heterocycles. The molecule has 0 aliphatic carbocycles. The average molecular weight is 235 g/mol. The van der Waals surface area contributed by atoms with Gasteiger partial charge in [-0.2, -0.15) is 0 Å². The van der Waals surface area contributed by atoms with E-state index in [-0.39, 0.29) is 23.6 Å². The minimum absolute atomic E-state index is 0.0167. The number of hydrogen-bond acceptors (Lipinski definition) is 4. The topological polar surface area (TPSA) is 52.3 Å². The van der Waals surface area contributed by atoms with Crippen LogP contribution < -0.4 is 0 Å². The fourth-order valence-electron chi connectivity index (χ4n) is 1.43. The zero-order valence-corrected chi connectivity index (χ0v) is 9.14. The Morgan fingerprint density at radius 2 is 2.24 bits per heavy atom. The van der Waals surface area contributed by atoms with Gasteiger partial charge in [0.25, 0.3) is 0 Å². The van der Waals surface area contributed by atoms with Crippen molar-refractivity contribution in [2.24, 2.45) is 0 Å². The lowest BCUT2D eigenvalue weighted by molar-refractivity contribution is 0.0520. The smallest absolute Gasteiger partial charge is 0.360 e. The third-order valence-electron chi connectivity index (χ3n) is 2.15. The molecule has 2 aromatic rings. The molecular formula is C12H10FNO3. The van der Waals surface area contributed by atoms with E-state index in [2.05, 4.69) is 4.98 Å². The Morgan fingerprint density at radius 1 is 1.47 bits per heavy atom. The summed E-state index contributed by atoms with van der Waals surface area (Å²) in [6.07, 6.45) is 1.09. The molecule has 0 N–H and O–H groups in total. The van der Waals surface area contributed by atoms with Crippen LogP contribution >= 0.6 is 0 Å². The minimum atomic E-state index is -0.625. The average Bonchev–Trinajstić information content (AvgIpc) is 2.79. The number of halogens is 1. The van der Waals surface area contributed by atoms with Gasteiger partial charge in [-0.1, -0.05) is 12.1 Å². The predicted octanol–water partition coefficient (Wildman–Crippen LogP) is 2.66. The van der Waals surface area contributed by atoms with E-state index in [0.29, 0.717) is 0 Å². The highest BCUT2D eigenvalue weighted by Crippen LogP contribution is 2.26. The first kappa shape index (κ1) is 11.3. The summed E-state index contributed by atoms with van der Waals surface area (Å²) >= 11 is 0. The molecule has 1 aromatic carbocycles. The van der Waals surface area contributed by atoms with E-state index < -0.39 is 11.8 Å².